The molecule has 0 amide bonds. The van der Waals surface area contributed by atoms with Gasteiger partial charge in [0, 0.05) is 5.69 Å². The van der Waals surface area contributed by atoms with Crippen LogP contribution in [-0.2, 0) is 12.8 Å². The number of H-pyrrole nitrogens is 1. The van der Waals surface area contributed by atoms with Crippen molar-refractivity contribution in [2.24, 2.45) is 11.3 Å². The first-order chi connectivity index (χ1) is 11.3. The monoisotopic (exact) mass is 328 g/mol. The van der Waals surface area contributed by atoms with E-state index in [9.17, 15) is 10.1 Å². The number of pyridine rings is 1. The van der Waals surface area contributed by atoms with E-state index in [0.717, 1.165) is 43.6 Å². The lowest BCUT2D eigenvalue weighted by molar-refractivity contribution is 0.213. The van der Waals surface area contributed by atoms with Crippen molar-refractivity contribution >= 4 is 0 Å². The van der Waals surface area contributed by atoms with Crippen LogP contribution in [-0.4, -0.2) is 18.1 Å². The van der Waals surface area contributed by atoms with Crippen molar-refractivity contribution in [3.8, 4) is 12.1 Å². The van der Waals surface area contributed by atoms with Crippen LogP contribution < -0.4 is 10.9 Å². The van der Waals surface area contributed by atoms with Gasteiger partial charge in [0.05, 0.1) is 5.56 Å². The zero-order chi connectivity index (χ0) is 18.3. The number of rotatable bonds is 2. The van der Waals surface area contributed by atoms with Gasteiger partial charge < -0.3 is 10.3 Å². The van der Waals surface area contributed by atoms with Crippen LogP contribution in [0.4, 0.5) is 0 Å². The third-order valence-electron chi connectivity index (χ3n) is 4.55. The second kappa shape index (κ2) is 8.66. The van der Waals surface area contributed by atoms with Crippen LogP contribution in [0.2, 0.25) is 0 Å². The molecule has 0 spiro atoms. The van der Waals surface area contributed by atoms with Crippen LogP contribution in [0.3, 0.4) is 0 Å². The lowest BCUT2D eigenvalue weighted by Crippen LogP contribution is -2.30. The Morgan fingerprint density at radius 3 is 2.17 bits per heavy atom. The molecule has 1 aromatic rings. The maximum atomic E-state index is 11.8. The zero-order valence-electron chi connectivity index (χ0n) is 15.4. The standard InChI is InChI=1S/C15H17N3O.C4H11N/c1-15(2,3)9-4-5-10-11(7-16)12(8-17)14(19)18-13(10)6-9;1-3-5-4-2/h9H,4-6H2,1-3H3,(H,18,19);5H,3-4H2,1-2H3. The van der Waals surface area contributed by atoms with Crippen molar-refractivity contribution in [2.45, 2.75) is 53.9 Å². The first kappa shape index (κ1) is 19.9. The molecule has 5 nitrogen and oxygen atoms in total. The van der Waals surface area contributed by atoms with Gasteiger partial charge in [0.25, 0.3) is 5.56 Å². The van der Waals surface area contributed by atoms with Gasteiger partial charge >= 0.3 is 0 Å². The van der Waals surface area contributed by atoms with Crippen molar-refractivity contribution in [3.05, 3.63) is 32.7 Å². The van der Waals surface area contributed by atoms with Crippen molar-refractivity contribution in [2.75, 3.05) is 13.1 Å². The SMILES string of the molecule is CC(C)(C)C1CCc2c([nH]c(=O)c(C#N)c2C#N)C1.CCNCC. The third-order valence-corrected chi connectivity index (χ3v) is 4.55. The second-order valence-corrected chi connectivity index (χ2v) is 7.15. The minimum Gasteiger partial charge on any atom is -0.325 e. The summed E-state index contributed by atoms with van der Waals surface area (Å²) >= 11 is 0. The molecule has 0 radical (unpaired) electrons. The highest BCUT2D eigenvalue weighted by molar-refractivity contribution is 5.51. The summed E-state index contributed by atoms with van der Waals surface area (Å²) in [4.78, 5) is 14.6. The molecule has 1 aliphatic rings. The summed E-state index contributed by atoms with van der Waals surface area (Å²) < 4.78 is 0. The van der Waals surface area contributed by atoms with Crippen LogP contribution >= 0.6 is 0 Å². The molecule has 0 saturated heterocycles. The van der Waals surface area contributed by atoms with Gasteiger partial charge in [-0.15, -0.1) is 0 Å². The molecule has 0 saturated carbocycles. The quantitative estimate of drug-likeness (QED) is 0.873. The Bertz CT molecular complexity index is 696. The molecule has 0 bridgehead atoms. The average Bonchev–Trinajstić information content (AvgIpc) is 2.53. The lowest BCUT2D eigenvalue weighted by Gasteiger charge is -2.34. The molecule has 1 aliphatic carbocycles. The maximum Gasteiger partial charge on any atom is 0.267 e. The van der Waals surface area contributed by atoms with E-state index in [1.165, 1.54) is 0 Å². The predicted molar refractivity (Wildman–Crippen MR) is 95.7 cm³/mol. The van der Waals surface area contributed by atoms with Gasteiger partial charge in [-0.1, -0.05) is 34.6 Å². The van der Waals surface area contributed by atoms with Gasteiger partial charge in [0.15, 0.2) is 0 Å². The van der Waals surface area contributed by atoms with Crippen LogP contribution in [0.15, 0.2) is 4.79 Å². The molecule has 0 aromatic carbocycles. The number of fused-ring (bicyclic) bond motifs is 1. The van der Waals surface area contributed by atoms with Gasteiger partial charge in [-0.3, -0.25) is 4.79 Å². The highest BCUT2D eigenvalue weighted by Gasteiger charge is 2.31. The number of hydrogen-bond donors (Lipinski definition) is 2. The summed E-state index contributed by atoms with van der Waals surface area (Å²) in [6.45, 7) is 13.0. The fourth-order valence-corrected chi connectivity index (χ4v) is 3.03. The summed E-state index contributed by atoms with van der Waals surface area (Å²) in [7, 11) is 0. The Morgan fingerprint density at radius 1 is 1.17 bits per heavy atom. The van der Waals surface area contributed by atoms with E-state index < -0.39 is 5.56 Å². The normalized spacial score (nSPS) is 16.2. The molecule has 0 fully saturated rings. The molecule has 1 unspecified atom stereocenters. The molecule has 0 aliphatic heterocycles. The molecule has 1 heterocycles. The minimum atomic E-state index is -0.438. The Balaban J connectivity index is 0.000000505. The van der Waals surface area contributed by atoms with Crippen molar-refractivity contribution < 1.29 is 0 Å². The topological polar surface area (TPSA) is 92.5 Å². The fraction of sp³-hybridized carbons (Fsp3) is 0.632. The first-order valence-corrected chi connectivity index (χ1v) is 8.58. The van der Waals surface area contributed by atoms with E-state index in [4.69, 9.17) is 5.26 Å². The van der Waals surface area contributed by atoms with Crippen LogP contribution in [0.5, 0.6) is 0 Å². The van der Waals surface area contributed by atoms with Crippen LogP contribution in [0.25, 0.3) is 0 Å². The molecular formula is C19H28N4O. The Labute approximate surface area is 144 Å². The number of aromatic amines is 1. The molecule has 2 rings (SSSR count). The van der Waals surface area contributed by atoms with E-state index in [1.54, 1.807) is 0 Å². The highest BCUT2D eigenvalue weighted by atomic mass is 16.1. The number of nitriles is 2. The molecule has 130 valence electrons. The van der Waals surface area contributed by atoms with Crippen molar-refractivity contribution in [1.82, 2.24) is 10.3 Å². The highest BCUT2D eigenvalue weighted by Crippen LogP contribution is 2.37. The largest absolute Gasteiger partial charge is 0.325 e. The minimum absolute atomic E-state index is 0.0459. The summed E-state index contributed by atoms with van der Waals surface area (Å²) in [6, 6.07) is 3.87. The summed E-state index contributed by atoms with van der Waals surface area (Å²) in [5, 5.41) is 21.3. The summed E-state index contributed by atoms with van der Waals surface area (Å²) in [5.74, 6) is 0.482. The van der Waals surface area contributed by atoms with Gasteiger partial charge in [-0.25, -0.2) is 0 Å². The molecule has 2 N–H and O–H groups in total. The number of nitrogens with zero attached hydrogens (tertiary/aromatic N) is 2. The van der Waals surface area contributed by atoms with E-state index in [2.05, 4.69) is 44.9 Å². The van der Waals surface area contributed by atoms with Gasteiger partial charge in [-0.05, 0) is 49.2 Å². The van der Waals surface area contributed by atoms with Gasteiger partial charge in [0.1, 0.15) is 17.7 Å². The Hall–Kier alpha value is -2.11. The van der Waals surface area contributed by atoms with E-state index >= 15 is 0 Å². The summed E-state index contributed by atoms with van der Waals surface area (Å²) in [5.41, 5.74) is 1.66. The maximum absolute atomic E-state index is 11.8. The number of aromatic nitrogens is 1. The van der Waals surface area contributed by atoms with Crippen molar-refractivity contribution in [3.63, 3.8) is 0 Å². The molecular weight excluding hydrogens is 300 g/mol. The smallest absolute Gasteiger partial charge is 0.267 e. The second-order valence-electron chi connectivity index (χ2n) is 7.15. The molecule has 1 aromatic heterocycles. The summed E-state index contributed by atoms with van der Waals surface area (Å²) in [6.07, 6.45) is 2.52. The van der Waals surface area contributed by atoms with Gasteiger partial charge in [0.2, 0.25) is 0 Å². The van der Waals surface area contributed by atoms with E-state index in [1.807, 2.05) is 12.1 Å². The Kier molecular flexibility index (Phi) is 7.19. The lowest BCUT2D eigenvalue weighted by atomic mass is 9.71. The molecule has 24 heavy (non-hydrogen) atoms. The van der Waals surface area contributed by atoms with Crippen LogP contribution in [0, 0.1) is 34.0 Å². The predicted octanol–water partition coefficient (Wildman–Crippen LogP) is 2.89. The fourth-order valence-electron chi connectivity index (χ4n) is 3.03. The van der Waals surface area contributed by atoms with Gasteiger partial charge in [-0.2, -0.15) is 10.5 Å². The van der Waals surface area contributed by atoms with E-state index in [-0.39, 0.29) is 16.5 Å². The average molecular weight is 328 g/mol. The van der Waals surface area contributed by atoms with E-state index in [0.29, 0.717) is 5.92 Å². The molecule has 1 atom stereocenters. The number of hydrogen-bond acceptors (Lipinski definition) is 4. The van der Waals surface area contributed by atoms with Crippen LogP contribution in [0.1, 0.15) is 63.4 Å². The zero-order valence-corrected chi connectivity index (χ0v) is 15.4. The first-order valence-electron chi connectivity index (χ1n) is 8.58. The van der Waals surface area contributed by atoms with Crippen molar-refractivity contribution in [1.29, 1.82) is 10.5 Å². The number of nitrogens with one attached hydrogen (secondary N) is 2. The molecule has 5 heteroatoms. The third kappa shape index (κ3) is 4.69. The Morgan fingerprint density at radius 2 is 1.75 bits per heavy atom.